The monoisotopic (exact) mass is 368 g/mol. The van der Waals surface area contributed by atoms with Crippen LogP contribution in [0.4, 0.5) is 0 Å². The molecule has 0 aromatic heterocycles. The van der Waals surface area contributed by atoms with Crippen molar-refractivity contribution in [2.24, 2.45) is 0 Å². The molecule has 0 radical (unpaired) electrons. The van der Waals surface area contributed by atoms with E-state index in [1.807, 2.05) is 18.2 Å². The van der Waals surface area contributed by atoms with Crippen LogP contribution >= 0.6 is 15.9 Å². The first-order valence-corrected chi connectivity index (χ1v) is 7.73. The smallest absolute Gasteiger partial charge is 0.229 e. The lowest BCUT2D eigenvalue weighted by Gasteiger charge is -2.14. The summed E-state index contributed by atoms with van der Waals surface area (Å²) in [5.41, 5.74) is 0.846. The minimum absolute atomic E-state index is 0.105. The molecule has 1 heterocycles. The molecule has 0 spiro atoms. The predicted octanol–water partition coefficient (Wildman–Crippen LogP) is 1.61. The minimum atomic E-state index is -0.213. The van der Waals surface area contributed by atoms with E-state index in [0.717, 1.165) is 14.9 Å². The number of likely N-dealkylation sites (tertiary alicyclic amines) is 1. The summed E-state index contributed by atoms with van der Waals surface area (Å²) < 4.78 is 6.13. The van der Waals surface area contributed by atoms with Crippen LogP contribution in [0.15, 0.2) is 22.7 Å². The molecule has 1 N–H and O–H groups in total. The second kappa shape index (κ2) is 7.40. The van der Waals surface area contributed by atoms with E-state index < -0.39 is 0 Å². The zero-order valence-electron chi connectivity index (χ0n) is 12.2. The third-order valence-corrected chi connectivity index (χ3v) is 3.93. The zero-order chi connectivity index (χ0) is 16.1. The minimum Gasteiger partial charge on any atom is -0.496 e. The molecule has 0 saturated carbocycles. The average molecular weight is 369 g/mol. The van der Waals surface area contributed by atoms with E-state index in [4.69, 9.17) is 4.74 Å². The van der Waals surface area contributed by atoms with Gasteiger partial charge in [0.15, 0.2) is 0 Å². The topological polar surface area (TPSA) is 75.7 Å². The molecule has 1 aliphatic heterocycles. The molecule has 1 fully saturated rings. The van der Waals surface area contributed by atoms with Crippen molar-refractivity contribution in [1.82, 2.24) is 10.2 Å². The number of carbonyl (C=O) groups is 3. The Morgan fingerprint density at radius 2 is 2.00 bits per heavy atom. The number of ether oxygens (including phenoxy) is 1. The van der Waals surface area contributed by atoms with Gasteiger partial charge in [0.2, 0.25) is 17.7 Å². The van der Waals surface area contributed by atoms with Gasteiger partial charge in [-0.2, -0.15) is 0 Å². The lowest BCUT2D eigenvalue weighted by atomic mass is 10.2. The van der Waals surface area contributed by atoms with Crippen molar-refractivity contribution >= 4 is 33.7 Å². The van der Waals surface area contributed by atoms with E-state index in [9.17, 15) is 14.4 Å². The SMILES string of the molecule is COc1ccc(Br)cc1CNC(=O)CCN1C(=O)CCC1=O. The van der Waals surface area contributed by atoms with Gasteiger partial charge in [0.25, 0.3) is 0 Å². The Bertz CT molecular complexity index is 587. The number of amides is 3. The van der Waals surface area contributed by atoms with Gasteiger partial charge in [-0.15, -0.1) is 0 Å². The number of methoxy groups -OCH3 is 1. The number of hydrogen-bond acceptors (Lipinski definition) is 4. The van der Waals surface area contributed by atoms with Gasteiger partial charge in [-0.1, -0.05) is 15.9 Å². The van der Waals surface area contributed by atoms with Gasteiger partial charge in [0.05, 0.1) is 7.11 Å². The van der Waals surface area contributed by atoms with Gasteiger partial charge in [0, 0.05) is 42.4 Å². The Balaban J connectivity index is 1.84. The fourth-order valence-electron chi connectivity index (χ4n) is 2.25. The van der Waals surface area contributed by atoms with E-state index in [0.29, 0.717) is 12.3 Å². The summed E-state index contributed by atoms with van der Waals surface area (Å²) in [4.78, 5) is 35.9. The van der Waals surface area contributed by atoms with Crippen LogP contribution < -0.4 is 10.1 Å². The fraction of sp³-hybridized carbons (Fsp3) is 0.400. The average Bonchev–Trinajstić information content (AvgIpc) is 2.82. The van der Waals surface area contributed by atoms with Crippen LogP contribution in [0, 0.1) is 0 Å². The molecule has 3 amide bonds. The van der Waals surface area contributed by atoms with Crippen molar-refractivity contribution in [3.8, 4) is 5.75 Å². The van der Waals surface area contributed by atoms with Crippen molar-refractivity contribution in [3.05, 3.63) is 28.2 Å². The van der Waals surface area contributed by atoms with Crippen molar-refractivity contribution in [2.75, 3.05) is 13.7 Å². The molecular formula is C15H17BrN2O4. The lowest BCUT2D eigenvalue weighted by Crippen LogP contribution is -2.34. The second-order valence-electron chi connectivity index (χ2n) is 4.92. The highest BCUT2D eigenvalue weighted by atomic mass is 79.9. The highest BCUT2D eigenvalue weighted by Crippen LogP contribution is 2.22. The van der Waals surface area contributed by atoms with Crippen molar-refractivity contribution in [2.45, 2.75) is 25.8 Å². The van der Waals surface area contributed by atoms with Crippen molar-refractivity contribution in [1.29, 1.82) is 0 Å². The summed E-state index contributed by atoms with van der Waals surface area (Å²) in [5, 5.41) is 2.77. The molecule has 2 rings (SSSR count). The second-order valence-corrected chi connectivity index (χ2v) is 5.84. The molecule has 6 nitrogen and oxygen atoms in total. The van der Waals surface area contributed by atoms with Gasteiger partial charge < -0.3 is 10.1 Å². The van der Waals surface area contributed by atoms with Gasteiger partial charge in [-0.3, -0.25) is 19.3 Å². The van der Waals surface area contributed by atoms with Crippen LogP contribution in [-0.2, 0) is 20.9 Å². The molecule has 0 unspecified atom stereocenters. The van der Waals surface area contributed by atoms with E-state index in [1.54, 1.807) is 7.11 Å². The molecule has 0 atom stereocenters. The Morgan fingerprint density at radius 1 is 1.32 bits per heavy atom. The number of benzene rings is 1. The molecule has 22 heavy (non-hydrogen) atoms. The maximum atomic E-state index is 11.9. The lowest BCUT2D eigenvalue weighted by molar-refractivity contribution is -0.138. The number of carbonyl (C=O) groups excluding carboxylic acids is 3. The van der Waals surface area contributed by atoms with E-state index >= 15 is 0 Å². The van der Waals surface area contributed by atoms with Gasteiger partial charge in [-0.05, 0) is 18.2 Å². The maximum Gasteiger partial charge on any atom is 0.229 e. The first kappa shape index (κ1) is 16.5. The van der Waals surface area contributed by atoms with E-state index in [2.05, 4.69) is 21.2 Å². The molecule has 1 aromatic rings. The highest BCUT2D eigenvalue weighted by molar-refractivity contribution is 9.10. The summed E-state index contributed by atoms with van der Waals surface area (Å²) in [6.07, 6.45) is 0.596. The summed E-state index contributed by atoms with van der Waals surface area (Å²) in [6, 6.07) is 5.54. The third-order valence-electron chi connectivity index (χ3n) is 3.44. The molecule has 7 heteroatoms. The van der Waals surface area contributed by atoms with Crippen LogP contribution in [0.5, 0.6) is 5.75 Å². The highest BCUT2D eigenvalue weighted by Gasteiger charge is 2.28. The first-order chi connectivity index (χ1) is 10.5. The number of imide groups is 1. The van der Waals surface area contributed by atoms with E-state index in [1.165, 1.54) is 0 Å². The molecule has 0 aliphatic carbocycles. The standard InChI is InChI=1S/C15H17BrN2O4/c1-22-12-3-2-11(16)8-10(12)9-17-13(19)6-7-18-14(20)4-5-15(18)21/h2-3,8H,4-7,9H2,1H3,(H,17,19). The molecule has 1 aliphatic rings. The summed E-state index contributed by atoms with van der Waals surface area (Å²) in [7, 11) is 1.57. The Labute approximate surface area is 136 Å². The van der Waals surface area contributed by atoms with Crippen molar-refractivity contribution < 1.29 is 19.1 Å². The van der Waals surface area contributed by atoms with Crippen LogP contribution in [-0.4, -0.2) is 36.3 Å². The van der Waals surface area contributed by atoms with Crippen LogP contribution in [0.25, 0.3) is 0 Å². The van der Waals surface area contributed by atoms with E-state index in [-0.39, 0.29) is 43.5 Å². The summed E-state index contributed by atoms with van der Waals surface area (Å²) in [6.45, 7) is 0.461. The number of rotatable bonds is 6. The normalized spacial score (nSPS) is 14.4. The Kier molecular flexibility index (Phi) is 5.54. The number of nitrogens with zero attached hydrogens (tertiary/aromatic N) is 1. The number of halogens is 1. The van der Waals surface area contributed by atoms with Crippen LogP contribution in [0.2, 0.25) is 0 Å². The number of hydrogen-bond donors (Lipinski definition) is 1. The first-order valence-electron chi connectivity index (χ1n) is 6.93. The third kappa shape index (κ3) is 4.07. The van der Waals surface area contributed by atoms with Crippen LogP contribution in [0.3, 0.4) is 0 Å². The Morgan fingerprint density at radius 3 is 2.64 bits per heavy atom. The quantitative estimate of drug-likeness (QED) is 0.774. The summed E-state index contributed by atoms with van der Waals surface area (Å²) >= 11 is 3.37. The number of nitrogens with one attached hydrogen (secondary N) is 1. The molecule has 118 valence electrons. The largest absolute Gasteiger partial charge is 0.496 e. The van der Waals surface area contributed by atoms with Gasteiger partial charge in [-0.25, -0.2) is 0 Å². The van der Waals surface area contributed by atoms with Gasteiger partial charge in [0.1, 0.15) is 5.75 Å². The zero-order valence-corrected chi connectivity index (χ0v) is 13.8. The Hall–Kier alpha value is -1.89. The molecule has 1 aromatic carbocycles. The van der Waals surface area contributed by atoms with Gasteiger partial charge >= 0.3 is 0 Å². The van der Waals surface area contributed by atoms with Crippen LogP contribution in [0.1, 0.15) is 24.8 Å². The molecule has 0 bridgehead atoms. The predicted molar refractivity (Wildman–Crippen MR) is 83.1 cm³/mol. The summed E-state index contributed by atoms with van der Waals surface area (Å²) in [5.74, 6) is 0.0702. The maximum absolute atomic E-state index is 11.9. The molecular weight excluding hydrogens is 352 g/mol. The van der Waals surface area contributed by atoms with Crippen molar-refractivity contribution in [3.63, 3.8) is 0 Å². The fourth-order valence-corrected chi connectivity index (χ4v) is 2.66. The molecule has 1 saturated heterocycles.